The first-order valence-corrected chi connectivity index (χ1v) is 6.66. The van der Waals surface area contributed by atoms with Gasteiger partial charge in [0, 0.05) is 12.1 Å². The van der Waals surface area contributed by atoms with Gasteiger partial charge in [0.1, 0.15) is 0 Å². The molecule has 0 unspecified atom stereocenters. The molecule has 3 heteroatoms. The Kier molecular flexibility index (Phi) is 3.78. The smallest absolute Gasteiger partial charge is 0.0613 e. The van der Waals surface area contributed by atoms with Crippen molar-refractivity contribution < 1.29 is 5.11 Å². The van der Waals surface area contributed by atoms with Gasteiger partial charge >= 0.3 is 0 Å². The van der Waals surface area contributed by atoms with E-state index in [0.717, 1.165) is 19.4 Å². The number of thiophene rings is 1. The molecule has 1 aromatic heterocycles. The van der Waals surface area contributed by atoms with E-state index in [9.17, 15) is 5.11 Å². The van der Waals surface area contributed by atoms with E-state index in [0.29, 0.717) is 0 Å². The van der Waals surface area contributed by atoms with Crippen molar-refractivity contribution in [3.63, 3.8) is 0 Å². The molecule has 0 spiro atoms. The van der Waals surface area contributed by atoms with Crippen LogP contribution in [0.15, 0.2) is 16.8 Å². The fourth-order valence-electron chi connectivity index (χ4n) is 2.30. The molecule has 1 fully saturated rings. The summed E-state index contributed by atoms with van der Waals surface area (Å²) in [7, 11) is 0. The van der Waals surface area contributed by atoms with Crippen LogP contribution >= 0.6 is 11.3 Å². The molecule has 0 saturated heterocycles. The van der Waals surface area contributed by atoms with Crippen LogP contribution in [0.4, 0.5) is 0 Å². The molecule has 1 heterocycles. The third-order valence-electron chi connectivity index (χ3n) is 3.36. The third-order valence-corrected chi connectivity index (χ3v) is 4.09. The molecule has 1 aliphatic rings. The molecule has 84 valence electrons. The van der Waals surface area contributed by atoms with Gasteiger partial charge in [0.15, 0.2) is 0 Å². The Balaban J connectivity index is 1.89. The zero-order chi connectivity index (χ0) is 10.6. The highest BCUT2D eigenvalue weighted by molar-refractivity contribution is 7.07. The Morgan fingerprint density at radius 2 is 2.13 bits per heavy atom. The second kappa shape index (κ2) is 5.10. The number of hydrogen-bond donors (Lipinski definition) is 2. The van der Waals surface area contributed by atoms with E-state index in [1.54, 1.807) is 11.3 Å². The van der Waals surface area contributed by atoms with E-state index >= 15 is 0 Å². The summed E-state index contributed by atoms with van der Waals surface area (Å²) < 4.78 is 0. The van der Waals surface area contributed by atoms with Crippen LogP contribution in [0.1, 0.15) is 37.7 Å². The predicted molar refractivity (Wildman–Crippen MR) is 64.1 cm³/mol. The molecule has 1 saturated carbocycles. The van der Waals surface area contributed by atoms with Gasteiger partial charge in [0.05, 0.1) is 6.61 Å². The maximum Gasteiger partial charge on any atom is 0.0613 e. The number of rotatable bonds is 4. The van der Waals surface area contributed by atoms with Gasteiger partial charge in [0.25, 0.3) is 0 Å². The molecule has 0 amide bonds. The van der Waals surface area contributed by atoms with Gasteiger partial charge in [0.2, 0.25) is 0 Å². The summed E-state index contributed by atoms with van der Waals surface area (Å²) in [5.41, 5.74) is 1.33. The van der Waals surface area contributed by atoms with Crippen molar-refractivity contribution in [1.82, 2.24) is 5.32 Å². The van der Waals surface area contributed by atoms with Gasteiger partial charge in [-0.25, -0.2) is 0 Å². The van der Waals surface area contributed by atoms with Crippen LogP contribution in [0.5, 0.6) is 0 Å². The van der Waals surface area contributed by atoms with E-state index in [1.807, 2.05) is 0 Å². The fourth-order valence-corrected chi connectivity index (χ4v) is 2.97. The van der Waals surface area contributed by atoms with Gasteiger partial charge < -0.3 is 10.4 Å². The Bertz CT molecular complexity index is 278. The minimum absolute atomic E-state index is 0.000185. The van der Waals surface area contributed by atoms with Crippen molar-refractivity contribution in [3.05, 3.63) is 22.4 Å². The molecule has 2 N–H and O–H groups in total. The van der Waals surface area contributed by atoms with Crippen LogP contribution in [-0.2, 0) is 6.54 Å². The summed E-state index contributed by atoms with van der Waals surface area (Å²) >= 11 is 1.73. The minimum atomic E-state index is 0.000185. The van der Waals surface area contributed by atoms with E-state index in [2.05, 4.69) is 22.1 Å². The number of aliphatic hydroxyl groups excluding tert-OH is 1. The minimum Gasteiger partial charge on any atom is -0.394 e. The van der Waals surface area contributed by atoms with E-state index < -0.39 is 0 Å². The Hall–Kier alpha value is -0.380. The van der Waals surface area contributed by atoms with Gasteiger partial charge in [-0.3, -0.25) is 0 Å². The lowest BCUT2D eigenvalue weighted by atomic mass is 9.82. The van der Waals surface area contributed by atoms with E-state index in [1.165, 1.54) is 24.8 Å². The van der Waals surface area contributed by atoms with Crippen molar-refractivity contribution in [2.45, 2.75) is 44.2 Å². The average molecular weight is 225 g/mol. The highest BCUT2D eigenvalue weighted by Crippen LogP contribution is 2.28. The molecular formula is C12H19NOS. The monoisotopic (exact) mass is 225 g/mol. The van der Waals surface area contributed by atoms with Gasteiger partial charge in [-0.15, -0.1) is 0 Å². The molecule has 1 aromatic rings. The Morgan fingerprint density at radius 1 is 1.33 bits per heavy atom. The Labute approximate surface area is 95.3 Å². The van der Waals surface area contributed by atoms with Crippen LogP contribution in [-0.4, -0.2) is 17.3 Å². The summed E-state index contributed by atoms with van der Waals surface area (Å²) in [6.07, 6.45) is 6.05. The van der Waals surface area contributed by atoms with Crippen LogP contribution < -0.4 is 5.32 Å². The van der Waals surface area contributed by atoms with Crippen LogP contribution in [0.2, 0.25) is 0 Å². The number of aliphatic hydroxyl groups is 1. The fraction of sp³-hybridized carbons (Fsp3) is 0.667. The molecule has 15 heavy (non-hydrogen) atoms. The maximum atomic E-state index is 9.51. The van der Waals surface area contributed by atoms with Gasteiger partial charge in [-0.05, 0) is 35.2 Å². The lowest BCUT2D eigenvalue weighted by molar-refractivity contribution is 0.119. The predicted octanol–water partition coefficient (Wildman–Crippen LogP) is 2.53. The first-order chi connectivity index (χ1) is 7.35. The normalized spacial score (nSPS) is 20.3. The summed E-state index contributed by atoms with van der Waals surface area (Å²) in [6.45, 7) is 1.17. The molecular weight excluding hydrogens is 206 g/mol. The molecule has 2 nitrogen and oxygen atoms in total. The second-order valence-corrected chi connectivity index (χ2v) is 5.26. The van der Waals surface area contributed by atoms with Crippen molar-refractivity contribution in [2.75, 3.05) is 6.61 Å². The lowest BCUT2D eigenvalue weighted by Crippen LogP contribution is -2.49. The average Bonchev–Trinajstić information content (AvgIpc) is 2.81. The van der Waals surface area contributed by atoms with Gasteiger partial charge in [-0.1, -0.05) is 19.3 Å². The first kappa shape index (κ1) is 11.1. The molecule has 0 radical (unpaired) electrons. The number of hydrogen-bond acceptors (Lipinski definition) is 3. The van der Waals surface area contributed by atoms with Crippen LogP contribution in [0, 0.1) is 0 Å². The van der Waals surface area contributed by atoms with E-state index in [-0.39, 0.29) is 12.1 Å². The van der Waals surface area contributed by atoms with Crippen molar-refractivity contribution in [2.24, 2.45) is 0 Å². The van der Waals surface area contributed by atoms with Crippen molar-refractivity contribution in [1.29, 1.82) is 0 Å². The summed E-state index contributed by atoms with van der Waals surface area (Å²) in [6, 6.07) is 2.14. The molecule has 0 atom stereocenters. The molecule has 2 rings (SSSR count). The zero-order valence-electron chi connectivity index (χ0n) is 9.04. The summed E-state index contributed by atoms with van der Waals surface area (Å²) in [4.78, 5) is 0. The number of nitrogens with one attached hydrogen (secondary N) is 1. The first-order valence-electron chi connectivity index (χ1n) is 5.72. The topological polar surface area (TPSA) is 32.3 Å². The molecule has 1 aliphatic carbocycles. The second-order valence-electron chi connectivity index (χ2n) is 4.48. The molecule has 0 aliphatic heterocycles. The van der Waals surface area contributed by atoms with Crippen LogP contribution in [0.3, 0.4) is 0 Å². The maximum absolute atomic E-state index is 9.51. The third kappa shape index (κ3) is 2.80. The van der Waals surface area contributed by atoms with Crippen molar-refractivity contribution in [3.8, 4) is 0 Å². The summed E-state index contributed by atoms with van der Waals surface area (Å²) in [5.74, 6) is 0. The Morgan fingerprint density at radius 3 is 2.73 bits per heavy atom. The highest BCUT2D eigenvalue weighted by atomic mass is 32.1. The standard InChI is InChI=1S/C12H19NOS/c14-10-12(5-2-1-3-6-12)13-8-11-4-7-15-9-11/h4,7,9,13-14H,1-3,5-6,8,10H2. The largest absolute Gasteiger partial charge is 0.394 e. The van der Waals surface area contributed by atoms with E-state index in [4.69, 9.17) is 0 Å². The molecule has 0 bridgehead atoms. The highest BCUT2D eigenvalue weighted by Gasteiger charge is 2.30. The van der Waals surface area contributed by atoms with Gasteiger partial charge in [-0.2, -0.15) is 11.3 Å². The van der Waals surface area contributed by atoms with Crippen molar-refractivity contribution >= 4 is 11.3 Å². The molecule has 0 aromatic carbocycles. The summed E-state index contributed by atoms with van der Waals surface area (Å²) in [5, 5.41) is 17.3. The lowest BCUT2D eigenvalue weighted by Gasteiger charge is -2.36. The zero-order valence-corrected chi connectivity index (χ0v) is 9.85. The quantitative estimate of drug-likeness (QED) is 0.825. The van der Waals surface area contributed by atoms with Crippen LogP contribution in [0.25, 0.3) is 0 Å². The SMILES string of the molecule is OCC1(NCc2ccsc2)CCCCC1.